The van der Waals surface area contributed by atoms with Crippen molar-refractivity contribution >= 4 is 0 Å². The van der Waals surface area contributed by atoms with Crippen LogP contribution in [0.5, 0.6) is 0 Å². The van der Waals surface area contributed by atoms with E-state index in [2.05, 4.69) is 25.1 Å². The lowest BCUT2D eigenvalue weighted by molar-refractivity contribution is 0.140. The van der Waals surface area contributed by atoms with E-state index in [1.54, 1.807) is 0 Å². The Balaban J connectivity index is 1.34. The van der Waals surface area contributed by atoms with Gasteiger partial charge in [0.1, 0.15) is 0 Å². The van der Waals surface area contributed by atoms with Crippen molar-refractivity contribution in [2.24, 2.45) is 23.7 Å². The summed E-state index contributed by atoms with van der Waals surface area (Å²) in [6.07, 6.45) is 18.8. The fourth-order valence-corrected chi connectivity index (χ4v) is 5.51. The molecule has 2 fully saturated rings. The van der Waals surface area contributed by atoms with Gasteiger partial charge in [-0.05, 0) is 79.9 Å². The maximum Gasteiger partial charge on any atom is 0.0991 e. The van der Waals surface area contributed by atoms with E-state index < -0.39 is 0 Å². The minimum absolute atomic E-state index is 0.777. The van der Waals surface area contributed by atoms with Gasteiger partial charge in [-0.15, -0.1) is 0 Å². The van der Waals surface area contributed by atoms with E-state index in [0.717, 1.165) is 29.2 Å². The summed E-state index contributed by atoms with van der Waals surface area (Å²) in [5.74, 6) is 4.07. The van der Waals surface area contributed by atoms with Crippen LogP contribution in [-0.4, -0.2) is 0 Å². The highest BCUT2D eigenvalue weighted by molar-refractivity contribution is 5.31. The number of benzene rings is 1. The molecule has 0 saturated heterocycles. The van der Waals surface area contributed by atoms with Gasteiger partial charge in [0, 0.05) is 0 Å². The van der Waals surface area contributed by atoms with E-state index in [9.17, 15) is 0 Å². The highest BCUT2D eigenvalue weighted by Gasteiger charge is 2.30. The van der Waals surface area contributed by atoms with Gasteiger partial charge in [-0.3, -0.25) is 0 Å². The zero-order valence-electron chi connectivity index (χ0n) is 16.8. The first-order valence-electron chi connectivity index (χ1n) is 11.3. The molecule has 0 amide bonds. The zero-order chi connectivity index (χ0) is 18.2. The molecule has 0 aliphatic heterocycles. The molecule has 0 N–H and O–H groups in total. The molecule has 1 aromatic carbocycles. The third-order valence-electron chi connectivity index (χ3n) is 7.34. The second kappa shape index (κ2) is 10.1. The third-order valence-corrected chi connectivity index (χ3v) is 7.34. The molecule has 0 spiro atoms. The zero-order valence-corrected chi connectivity index (χ0v) is 16.8. The maximum absolute atomic E-state index is 8.90. The number of hydrogen-bond acceptors (Lipinski definition) is 1. The van der Waals surface area contributed by atoms with Crippen LogP contribution in [-0.2, 0) is 6.42 Å². The second-order valence-electron chi connectivity index (χ2n) is 9.05. The lowest BCUT2D eigenvalue weighted by Crippen LogP contribution is -2.26. The molecule has 1 heteroatoms. The monoisotopic (exact) mass is 351 g/mol. The Hall–Kier alpha value is -1.29. The van der Waals surface area contributed by atoms with Crippen molar-refractivity contribution in [3.63, 3.8) is 0 Å². The Bertz CT molecular complexity index is 551. The van der Waals surface area contributed by atoms with Crippen LogP contribution in [0.4, 0.5) is 0 Å². The summed E-state index contributed by atoms with van der Waals surface area (Å²) in [7, 11) is 0. The SMILES string of the molecule is CCCCC1CCC(C2CCC(CCc3ccc(C#N)cc3)CC2)CC1. The first kappa shape index (κ1) is 19.5. The first-order chi connectivity index (χ1) is 12.8. The topological polar surface area (TPSA) is 23.8 Å². The van der Waals surface area contributed by atoms with Crippen molar-refractivity contribution in [2.45, 2.75) is 90.4 Å². The van der Waals surface area contributed by atoms with Crippen LogP contribution >= 0.6 is 0 Å². The number of nitrogens with zero attached hydrogens (tertiary/aromatic N) is 1. The van der Waals surface area contributed by atoms with Gasteiger partial charge in [0.2, 0.25) is 0 Å². The quantitative estimate of drug-likeness (QED) is 0.506. The predicted octanol–water partition coefficient (Wildman–Crippen LogP) is 7.29. The van der Waals surface area contributed by atoms with E-state index in [-0.39, 0.29) is 0 Å². The summed E-state index contributed by atoms with van der Waals surface area (Å²) in [5.41, 5.74) is 2.18. The summed E-state index contributed by atoms with van der Waals surface area (Å²) in [6, 6.07) is 10.4. The standard InChI is InChI=1S/C25H37N/c1-2-3-4-20-11-15-24(16-12-20)25-17-13-22(14-18-25)6-5-21-7-9-23(19-26)10-8-21/h7-10,20,22,24-25H,2-6,11-18H2,1H3. The molecule has 2 aliphatic rings. The van der Waals surface area contributed by atoms with Gasteiger partial charge in [0.25, 0.3) is 0 Å². The second-order valence-corrected chi connectivity index (χ2v) is 9.05. The van der Waals surface area contributed by atoms with Gasteiger partial charge < -0.3 is 0 Å². The molecule has 0 aromatic heterocycles. The van der Waals surface area contributed by atoms with Crippen molar-refractivity contribution in [1.82, 2.24) is 0 Å². The number of nitriles is 1. The lowest BCUT2D eigenvalue weighted by Gasteiger charge is -2.38. The van der Waals surface area contributed by atoms with Gasteiger partial charge in [0.15, 0.2) is 0 Å². The number of unbranched alkanes of at least 4 members (excludes halogenated alkanes) is 1. The molecule has 3 rings (SSSR count). The Morgan fingerprint density at radius 2 is 1.35 bits per heavy atom. The molecule has 2 aliphatic carbocycles. The van der Waals surface area contributed by atoms with Crippen LogP contribution in [0.15, 0.2) is 24.3 Å². The molecule has 142 valence electrons. The smallest absolute Gasteiger partial charge is 0.0991 e. The fraction of sp³-hybridized carbons (Fsp3) is 0.720. The lowest BCUT2D eigenvalue weighted by atomic mass is 9.68. The maximum atomic E-state index is 8.90. The van der Waals surface area contributed by atoms with Crippen molar-refractivity contribution in [1.29, 1.82) is 5.26 Å². The molecule has 26 heavy (non-hydrogen) atoms. The Morgan fingerprint density at radius 3 is 1.85 bits per heavy atom. The van der Waals surface area contributed by atoms with E-state index >= 15 is 0 Å². The van der Waals surface area contributed by atoms with Gasteiger partial charge in [-0.25, -0.2) is 0 Å². The normalized spacial score (nSPS) is 29.2. The fourth-order valence-electron chi connectivity index (χ4n) is 5.51. The van der Waals surface area contributed by atoms with E-state index in [0.29, 0.717) is 0 Å². The highest BCUT2D eigenvalue weighted by Crippen LogP contribution is 2.43. The van der Waals surface area contributed by atoms with Crippen molar-refractivity contribution in [3.8, 4) is 6.07 Å². The predicted molar refractivity (Wildman–Crippen MR) is 110 cm³/mol. The van der Waals surface area contributed by atoms with Crippen LogP contribution < -0.4 is 0 Å². The highest BCUT2D eigenvalue weighted by atomic mass is 14.4. The van der Waals surface area contributed by atoms with Crippen molar-refractivity contribution in [3.05, 3.63) is 35.4 Å². The average molecular weight is 352 g/mol. The largest absolute Gasteiger partial charge is 0.192 e. The van der Waals surface area contributed by atoms with Crippen LogP contribution in [0.3, 0.4) is 0 Å². The van der Waals surface area contributed by atoms with Crippen molar-refractivity contribution < 1.29 is 0 Å². The molecular weight excluding hydrogens is 314 g/mol. The first-order valence-corrected chi connectivity index (χ1v) is 11.3. The Kier molecular flexibility index (Phi) is 7.60. The number of aryl methyl sites for hydroxylation is 1. The third kappa shape index (κ3) is 5.60. The minimum atomic E-state index is 0.777. The summed E-state index contributed by atoms with van der Waals surface area (Å²) >= 11 is 0. The molecule has 1 nitrogen and oxygen atoms in total. The molecule has 0 bridgehead atoms. The average Bonchev–Trinajstić information content (AvgIpc) is 2.72. The van der Waals surface area contributed by atoms with E-state index in [1.165, 1.54) is 89.0 Å². The van der Waals surface area contributed by atoms with Crippen LogP contribution in [0.1, 0.15) is 95.1 Å². The molecule has 0 unspecified atom stereocenters. The van der Waals surface area contributed by atoms with Crippen LogP contribution in [0.2, 0.25) is 0 Å². The molecule has 0 heterocycles. The van der Waals surface area contributed by atoms with Gasteiger partial charge in [-0.2, -0.15) is 5.26 Å². The molecule has 1 aromatic rings. The molecule has 0 atom stereocenters. The van der Waals surface area contributed by atoms with Crippen LogP contribution in [0.25, 0.3) is 0 Å². The van der Waals surface area contributed by atoms with Gasteiger partial charge in [-0.1, -0.05) is 64.0 Å². The molecule has 2 saturated carbocycles. The van der Waals surface area contributed by atoms with Gasteiger partial charge >= 0.3 is 0 Å². The Morgan fingerprint density at radius 1 is 0.808 bits per heavy atom. The summed E-state index contributed by atoms with van der Waals surface area (Å²) in [6.45, 7) is 2.32. The molecule has 0 radical (unpaired) electrons. The summed E-state index contributed by atoms with van der Waals surface area (Å²) in [5, 5.41) is 8.90. The summed E-state index contributed by atoms with van der Waals surface area (Å²) < 4.78 is 0. The molecular formula is C25H37N. The number of rotatable bonds is 7. The van der Waals surface area contributed by atoms with Gasteiger partial charge in [0.05, 0.1) is 11.6 Å². The van der Waals surface area contributed by atoms with E-state index in [4.69, 9.17) is 5.26 Å². The van der Waals surface area contributed by atoms with E-state index in [1.807, 2.05) is 12.1 Å². The van der Waals surface area contributed by atoms with Crippen molar-refractivity contribution in [2.75, 3.05) is 0 Å². The minimum Gasteiger partial charge on any atom is -0.192 e. The summed E-state index contributed by atoms with van der Waals surface area (Å²) in [4.78, 5) is 0. The Labute approximate surface area is 161 Å². The van der Waals surface area contributed by atoms with Crippen LogP contribution in [0, 0.1) is 35.0 Å². The number of hydrogen-bond donors (Lipinski definition) is 0.